The molecule has 42 heavy (non-hydrogen) atoms. The zero-order valence-corrected chi connectivity index (χ0v) is 24.4. The highest BCUT2D eigenvalue weighted by molar-refractivity contribution is 6.08. The highest BCUT2D eigenvalue weighted by Gasteiger charge is 2.25. The minimum absolute atomic E-state index is 0.0206. The van der Waals surface area contributed by atoms with Gasteiger partial charge in [-0.15, -0.1) is 0 Å². The molecule has 0 saturated carbocycles. The predicted octanol–water partition coefficient (Wildman–Crippen LogP) is 4.20. The number of hydrogen-bond donors (Lipinski definition) is 2. The Morgan fingerprint density at radius 2 is 1.55 bits per heavy atom. The molecule has 2 fully saturated rings. The molecule has 2 N–H and O–H groups in total. The van der Waals surface area contributed by atoms with E-state index in [0.717, 1.165) is 62.8 Å². The number of methoxy groups -OCH3 is 3. The Bertz CT molecular complexity index is 1400. The first kappa shape index (κ1) is 29.1. The molecule has 2 saturated heterocycles. The fourth-order valence-electron chi connectivity index (χ4n) is 5.44. The smallest absolute Gasteiger partial charge is 0.259 e. The molecule has 0 aromatic heterocycles. The first-order valence-corrected chi connectivity index (χ1v) is 14.2. The van der Waals surface area contributed by atoms with Gasteiger partial charge in [-0.25, -0.2) is 0 Å². The fraction of sp³-hybridized carbons (Fsp3) is 0.375. The summed E-state index contributed by atoms with van der Waals surface area (Å²) in [5, 5.41) is 5.98. The monoisotopic (exact) mass is 574 g/mol. The number of nitrogens with one attached hydrogen (secondary N) is 2. The van der Waals surface area contributed by atoms with Crippen molar-refractivity contribution in [3.05, 3.63) is 71.8 Å². The Kier molecular flexibility index (Phi) is 9.33. The summed E-state index contributed by atoms with van der Waals surface area (Å²) in [6, 6.07) is 18.5. The van der Waals surface area contributed by atoms with Crippen LogP contribution in [0.3, 0.4) is 0 Å². The third-order valence-electron chi connectivity index (χ3n) is 7.71. The molecule has 3 aromatic rings. The largest absolute Gasteiger partial charge is 0.497 e. The van der Waals surface area contributed by atoms with Crippen molar-refractivity contribution in [2.45, 2.75) is 18.9 Å². The van der Waals surface area contributed by atoms with E-state index in [-0.39, 0.29) is 17.9 Å². The molecule has 0 spiro atoms. The van der Waals surface area contributed by atoms with E-state index in [1.165, 1.54) is 7.11 Å². The summed E-state index contributed by atoms with van der Waals surface area (Å²) in [6.07, 6.45) is 1.95. The van der Waals surface area contributed by atoms with Crippen LogP contribution in [0.5, 0.6) is 17.2 Å². The van der Waals surface area contributed by atoms with E-state index >= 15 is 0 Å². The molecule has 3 aromatic carbocycles. The Hall–Kier alpha value is -4.44. The molecule has 1 atom stereocenters. The van der Waals surface area contributed by atoms with Crippen LogP contribution < -0.4 is 34.6 Å². The van der Waals surface area contributed by atoms with Crippen molar-refractivity contribution < 1.29 is 28.5 Å². The molecule has 0 aliphatic carbocycles. The number of carbonyl (C=O) groups excluding carboxylic acids is 2. The highest BCUT2D eigenvalue weighted by atomic mass is 16.5. The Labute approximate surface area is 246 Å². The van der Waals surface area contributed by atoms with Crippen LogP contribution in [-0.2, 0) is 4.74 Å². The average Bonchev–Trinajstić information content (AvgIpc) is 3.57. The van der Waals surface area contributed by atoms with Gasteiger partial charge >= 0.3 is 0 Å². The van der Waals surface area contributed by atoms with Crippen LogP contribution in [0.2, 0.25) is 0 Å². The lowest BCUT2D eigenvalue weighted by Gasteiger charge is -2.38. The van der Waals surface area contributed by atoms with Crippen molar-refractivity contribution in [2.24, 2.45) is 0 Å². The third kappa shape index (κ3) is 6.54. The van der Waals surface area contributed by atoms with Gasteiger partial charge in [0, 0.05) is 56.8 Å². The molecule has 5 rings (SSSR count). The number of ether oxygens (including phenoxy) is 4. The number of para-hydroxylation sites is 2. The topological polar surface area (TPSA) is 102 Å². The molecular weight excluding hydrogens is 536 g/mol. The van der Waals surface area contributed by atoms with Crippen LogP contribution in [0.25, 0.3) is 0 Å². The van der Waals surface area contributed by atoms with Gasteiger partial charge in [0.25, 0.3) is 11.8 Å². The van der Waals surface area contributed by atoms with Crippen molar-refractivity contribution in [3.63, 3.8) is 0 Å². The number of rotatable bonds is 10. The van der Waals surface area contributed by atoms with E-state index in [1.54, 1.807) is 38.5 Å². The molecule has 2 aliphatic rings. The van der Waals surface area contributed by atoms with Crippen molar-refractivity contribution in [1.29, 1.82) is 0 Å². The van der Waals surface area contributed by atoms with E-state index < -0.39 is 0 Å². The fourth-order valence-corrected chi connectivity index (χ4v) is 5.44. The molecule has 10 heteroatoms. The molecule has 222 valence electrons. The second kappa shape index (κ2) is 13.5. The maximum Gasteiger partial charge on any atom is 0.259 e. The Balaban J connectivity index is 1.36. The number of nitrogens with zero attached hydrogens (tertiary/aromatic N) is 2. The minimum Gasteiger partial charge on any atom is -0.497 e. The summed E-state index contributed by atoms with van der Waals surface area (Å²) >= 11 is 0. The molecule has 10 nitrogen and oxygen atoms in total. The van der Waals surface area contributed by atoms with Crippen LogP contribution in [0, 0.1) is 0 Å². The van der Waals surface area contributed by atoms with Crippen LogP contribution in [-0.4, -0.2) is 78.6 Å². The quantitative estimate of drug-likeness (QED) is 0.372. The van der Waals surface area contributed by atoms with Gasteiger partial charge in [0.1, 0.15) is 17.2 Å². The van der Waals surface area contributed by atoms with Crippen molar-refractivity contribution in [2.75, 3.05) is 75.8 Å². The standard InChI is InChI=1S/C32H38N4O6/c1-39-23-11-12-25(30(20-23)41-3)32(38)34-22-10-13-27(26(19-22)31(37)33-21-24-7-6-18-42-24)35-14-16-36(17-15-35)28-8-4-5-9-29(28)40-2/h4-5,8-13,19-20,24H,6-7,14-18,21H2,1-3H3,(H,33,37)(H,34,38). The minimum atomic E-state index is -0.349. The van der Waals surface area contributed by atoms with Gasteiger partial charge in [0.05, 0.1) is 44.2 Å². The maximum absolute atomic E-state index is 13.5. The third-order valence-corrected chi connectivity index (χ3v) is 7.71. The molecule has 0 radical (unpaired) electrons. The van der Waals surface area contributed by atoms with Crippen molar-refractivity contribution >= 4 is 28.9 Å². The zero-order valence-electron chi connectivity index (χ0n) is 24.4. The SMILES string of the molecule is COc1ccc(C(=O)Nc2ccc(N3CCN(c4ccccc4OC)CC3)c(C(=O)NCC3CCCO3)c2)c(OC)c1. The van der Waals surface area contributed by atoms with E-state index in [9.17, 15) is 9.59 Å². The summed E-state index contributed by atoms with van der Waals surface area (Å²) in [5.41, 5.74) is 3.25. The van der Waals surface area contributed by atoms with Crippen molar-refractivity contribution in [3.8, 4) is 17.2 Å². The van der Waals surface area contributed by atoms with Crippen LogP contribution >= 0.6 is 0 Å². The average molecular weight is 575 g/mol. The number of anilines is 3. The Morgan fingerprint density at radius 3 is 2.24 bits per heavy atom. The van der Waals surface area contributed by atoms with E-state index in [4.69, 9.17) is 18.9 Å². The van der Waals surface area contributed by atoms with Crippen LogP contribution in [0.15, 0.2) is 60.7 Å². The highest BCUT2D eigenvalue weighted by Crippen LogP contribution is 2.32. The van der Waals surface area contributed by atoms with Crippen LogP contribution in [0.4, 0.5) is 17.1 Å². The second-order valence-electron chi connectivity index (χ2n) is 10.2. The van der Waals surface area contributed by atoms with Gasteiger partial charge in [-0.3, -0.25) is 9.59 Å². The zero-order chi connectivity index (χ0) is 29.5. The summed E-state index contributed by atoms with van der Waals surface area (Å²) in [5.74, 6) is 1.27. The van der Waals surface area contributed by atoms with Gasteiger partial charge in [-0.2, -0.15) is 0 Å². The molecule has 1 unspecified atom stereocenters. The second-order valence-corrected chi connectivity index (χ2v) is 10.2. The van der Waals surface area contributed by atoms with Gasteiger partial charge in [-0.1, -0.05) is 12.1 Å². The lowest BCUT2D eigenvalue weighted by molar-refractivity contribution is 0.0858. The number of amides is 2. The van der Waals surface area contributed by atoms with E-state index in [2.05, 4.69) is 26.5 Å². The maximum atomic E-state index is 13.5. The van der Waals surface area contributed by atoms with Gasteiger partial charge in [0.2, 0.25) is 0 Å². The molecule has 2 amide bonds. The number of hydrogen-bond acceptors (Lipinski definition) is 8. The lowest BCUT2D eigenvalue weighted by Crippen LogP contribution is -2.47. The lowest BCUT2D eigenvalue weighted by atomic mass is 10.1. The molecule has 2 aliphatic heterocycles. The van der Waals surface area contributed by atoms with Gasteiger partial charge in [0.15, 0.2) is 0 Å². The first-order chi connectivity index (χ1) is 20.5. The summed E-state index contributed by atoms with van der Waals surface area (Å²) < 4.78 is 21.9. The molecule has 2 heterocycles. The molecular formula is C32H38N4O6. The summed E-state index contributed by atoms with van der Waals surface area (Å²) in [6.45, 7) is 4.15. The number of benzene rings is 3. The normalized spacial score (nSPS) is 16.6. The van der Waals surface area contributed by atoms with E-state index in [0.29, 0.717) is 34.9 Å². The number of carbonyl (C=O) groups is 2. The molecule has 0 bridgehead atoms. The Morgan fingerprint density at radius 1 is 0.810 bits per heavy atom. The summed E-state index contributed by atoms with van der Waals surface area (Å²) in [4.78, 5) is 31.3. The van der Waals surface area contributed by atoms with E-state index in [1.807, 2.05) is 30.3 Å². The van der Waals surface area contributed by atoms with Gasteiger partial charge in [-0.05, 0) is 55.3 Å². The predicted molar refractivity (Wildman–Crippen MR) is 163 cm³/mol. The summed E-state index contributed by atoms with van der Waals surface area (Å²) in [7, 11) is 4.74. The number of piperazine rings is 1. The van der Waals surface area contributed by atoms with Crippen LogP contribution in [0.1, 0.15) is 33.6 Å². The first-order valence-electron chi connectivity index (χ1n) is 14.2. The van der Waals surface area contributed by atoms with Crippen molar-refractivity contribution in [1.82, 2.24) is 5.32 Å². The van der Waals surface area contributed by atoms with Gasteiger partial charge < -0.3 is 39.4 Å².